The largest absolute Gasteiger partial charge is 0.508 e. The van der Waals surface area contributed by atoms with Crippen LogP contribution in [-0.4, -0.2) is 201 Å². The average Bonchev–Trinajstić information content (AvgIpc) is 1.58. The van der Waals surface area contributed by atoms with Gasteiger partial charge >= 0.3 is 11.9 Å². The molecule has 8 fully saturated rings. The van der Waals surface area contributed by atoms with Crippen LogP contribution >= 0.6 is 11.6 Å². The molecule has 19 nitrogen and oxygen atoms in total. The molecular formula is C64H85ClFN12O7+. The summed E-state index contributed by atoms with van der Waals surface area (Å²) in [6, 6.07) is 13.8. The maximum absolute atomic E-state index is 15.3. The number of halogens is 2. The summed E-state index contributed by atoms with van der Waals surface area (Å²) in [6.45, 7) is 14.9. The van der Waals surface area contributed by atoms with E-state index in [1.54, 1.807) is 18.5 Å². The van der Waals surface area contributed by atoms with E-state index in [2.05, 4.69) is 52.1 Å². The van der Waals surface area contributed by atoms with Crippen molar-refractivity contribution >= 4 is 64.0 Å². The van der Waals surface area contributed by atoms with Gasteiger partial charge in [-0.25, -0.2) is 14.4 Å². The zero-order valence-corrected chi connectivity index (χ0v) is 50.5. The lowest BCUT2D eigenvalue weighted by molar-refractivity contribution is -0.511. The molecule has 456 valence electrons. The maximum atomic E-state index is 15.3. The lowest BCUT2D eigenvalue weighted by Gasteiger charge is -2.40. The van der Waals surface area contributed by atoms with Crippen LogP contribution < -0.4 is 15.2 Å². The highest BCUT2D eigenvalue weighted by Gasteiger charge is 2.74. The van der Waals surface area contributed by atoms with Crippen LogP contribution in [0.25, 0.3) is 11.0 Å². The SMILES string of the molecule is CC(C)(C)OC(=O)N1C(=[NH+][C@@H](CCN2CCN(C(=O)CN3CCC(OC4CCN(C(=O)[C@H](NC(=O)c5cc(C6CN(C(=O)C7CC7)C6)ccc5F)C5CCCCC5)CC4)CC3)CC2)c2ccc(Cl)cc2)C12CCN(c1ncnc3[nH]ccc13)CC2. The first-order chi connectivity index (χ1) is 41.1. The highest BCUT2D eigenvalue weighted by molar-refractivity contribution is 6.30. The number of aromatic amines is 1. The molecule has 8 aliphatic rings. The molecule has 12 rings (SSSR count). The number of fused-ring (bicyclic) bond motifs is 1. The van der Waals surface area contributed by atoms with Crippen molar-refractivity contribution in [3.05, 3.63) is 88.6 Å². The number of nitrogens with zero attached hydrogens (tertiary/aromatic N) is 9. The summed E-state index contributed by atoms with van der Waals surface area (Å²) < 4.78 is 28.0. The topological polar surface area (TPSA) is 194 Å². The Hall–Kier alpha value is -6.22. The maximum Gasteiger partial charge on any atom is 0.508 e. The lowest BCUT2D eigenvalue weighted by atomic mass is 9.83. The van der Waals surface area contributed by atoms with Gasteiger partial charge in [-0.1, -0.05) is 49.1 Å². The third-order valence-electron chi connectivity index (χ3n) is 19.4. The number of anilines is 1. The standard InChI is InChI=1S/C64H84ClFN12O7/c1-63(2,3)85-62(83)78-61(64(78)23-31-75(32-24-64)57-50-17-25-67-56(50)68-41-69-57)70-53(42-11-14-47(65)15-12-42)22-28-72-33-35-74(36-34-72)54(79)40-73-26-18-48(19-27-73)84-49-20-29-76(30-21-49)60(82)55(43-7-5-4-6-8-43)71-58(80)51-37-45(13-16-52(51)66)46-38-77(39-46)59(81)44-9-10-44/h11-17,25,37,41,43-44,46,48-49,53,55H,4-10,18-24,26-36,38-40H2,1-3H3,(H,71,80)(H,67,68,69)/p+1/t53-,55+,78?/m0/s1. The second-order valence-corrected chi connectivity index (χ2v) is 26.8. The van der Waals surface area contributed by atoms with E-state index < -0.39 is 28.9 Å². The molecule has 21 heteroatoms. The first-order valence-electron chi connectivity index (χ1n) is 31.6. The minimum atomic E-state index is -0.729. The number of aromatic nitrogens is 3. The van der Waals surface area contributed by atoms with Gasteiger partial charge in [-0.05, 0) is 120 Å². The van der Waals surface area contributed by atoms with E-state index in [0.29, 0.717) is 89.6 Å². The first kappa shape index (κ1) is 59.1. The Bertz CT molecular complexity index is 3090. The van der Waals surface area contributed by atoms with E-state index in [1.807, 2.05) is 64.8 Å². The van der Waals surface area contributed by atoms with Crippen molar-refractivity contribution in [2.75, 3.05) is 96.5 Å². The van der Waals surface area contributed by atoms with Gasteiger partial charge in [0.25, 0.3) is 5.91 Å². The molecule has 2 aromatic carbocycles. The number of nitrogens with one attached hydrogen (secondary N) is 3. The Balaban J connectivity index is 0.592. The quantitative estimate of drug-likeness (QED) is 0.107. The normalized spacial score (nSPS) is 22.6. The van der Waals surface area contributed by atoms with Crippen LogP contribution in [0.3, 0.4) is 0 Å². The number of carbonyl (C=O) groups is 5. The number of amides is 5. The molecule has 2 saturated carbocycles. The van der Waals surface area contributed by atoms with Crippen molar-refractivity contribution in [1.82, 2.24) is 49.7 Å². The molecule has 0 unspecified atom stereocenters. The second-order valence-electron chi connectivity index (χ2n) is 26.3. The molecule has 3 N–H and O–H groups in total. The third kappa shape index (κ3) is 13.5. The van der Waals surface area contributed by atoms with E-state index >= 15 is 4.39 Å². The minimum absolute atomic E-state index is 0.0127. The zero-order chi connectivity index (χ0) is 59.0. The summed E-state index contributed by atoms with van der Waals surface area (Å²) in [4.78, 5) is 99.2. The van der Waals surface area contributed by atoms with Crippen LogP contribution in [0.1, 0.15) is 144 Å². The molecule has 85 heavy (non-hydrogen) atoms. The number of carbonyl (C=O) groups excluding carboxylic acids is 5. The van der Waals surface area contributed by atoms with Crippen LogP contribution in [0.5, 0.6) is 0 Å². The Labute approximate surface area is 503 Å². The number of amidine groups is 1. The van der Waals surface area contributed by atoms with Gasteiger partial charge in [-0.2, -0.15) is 4.79 Å². The number of rotatable bonds is 16. The number of piperazine rings is 1. The third-order valence-corrected chi connectivity index (χ3v) is 19.7. The summed E-state index contributed by atoms with van der Waals surface area (Å²) >= 11 is 6.41. The van der Waals surface area contributed by atoms with Crippen LogP contribution in [0.15, 0.2) is 61.1 Å². The number of piperidine rings is 3. The summed E-state index contributed by atoms with van der Waals surface area (Å²) in [5.74, 6) is 1.06. The summed E-state index contributed by atoms with van der Waals surface area (Å²) in [6.07, 6.45) is 15.2. The molecule has 1 spiro atoms. The monoisotopic (exact) mass is 1190 g/mol. The van der Waals surface area contributed by atoms with E-state index in [-0.39, 0.29) is 65.4 Å². The smallest absolute Gasteiger partial charge is 0.425 e. The van der Waals surface area contributed by atoms with Crippen molar-refractivity contribution in [2.45, 2.75) is 152 Å². The average molecular weight is 1190 g/mol. The Morgan fingerprint density at radius 3 is 2.16 bits per heavy atom. The zero-order valence-electron chi connectivity index (χ0n) is 49.8. The van der Waals surface area contributed by atoms with Crippen molar-refractivity contribution in [1.29, 1.82) is 0 Å². The summed E-state index contributed by atoms with van der Waals surface area (Å²) in [7, 11) is 0. The van der Waals surface area contributed by atoms with Gasteiger partial charge in [0.2, 0.25) is 23.3 Å². The van der Waals surface area contributed by atoms with Crippen molar-refractivity contribution < 1.29 is 42.8 Å². The Morgan fingerprint density at radius 1 is 0.788 bits per heavy atom. The molecule has 2 atom stereocenters. The molecule has 2 aromatic heterocycles. The molecular weight excluding hydrogens is 1100 g/mol. The Kier molecular flexibility index (Phi) is 17.6. The summed E-state index contributed by atoms with van der Waals surface area (Å²) in [5, 5.41) is 4.67. The molecule has 0 radical (unpaired) electrons. The molecule has 5 amide bonds. The van der Waals surface area contributed by atoms with E-state index in [9.17, 15) is 24.0 Å². The van der Waals surface area contributed by atoms with Crippen LogP contribution in [-0.2, 0) is 23.9 Å². The van der Waals surface area contributed by atoms with Gasteiger partial charge in [-0.3, -0.25) is 34.0 Å². The molecule has 2 aliphatic carbocycles. The van der Waals surface area contributed by atoms with Gasteiger partial charge in [0.15, 0.2) is 0 Å². The fourth-order valence-electron chi connectivity index (χ4n) is 14.1. The van der Waals surface area contributed by atoms with Crippen molar-refractivity contribution in [3.63, 3.8) is 0 Å². The number of H-pyrrole nitrogens is 1. The number of benzene rings is 2. The van der Waals surface area contributed by atoms with E-state index in [0.717, 1.165) is 131 Å². The number of likely N-dealkylation sites (tertiary alicyclic amines) is 3. The number of hydrogen-bond acceptors (Lipinski definition) is 12. The number of ether oxygens (including phenoxy) is 2. The number of hydrogen-bond donors (Lipinski definition) is 3. The molecule has 6 saturated heterocycles. The predicted octanol–water partition coefficient (Wildman–Crippen LogP) is 6.28. The highest BCUT2D eigenvalue weighted by atomic mass is 35.5. The fourth-order valence-corrected chi connectivity index (χ4v) is 14.3. The molecule has 4 aromatic rings. The van der Waals surface area contributed by atoms with Crippen molar-refractivity contribution in [2.24, 2.45) is 11.8 Å². The van der Waals surface area contributed by atoms with Crippen molar-refractivity contribution in [3.8, 4) is 0 Å². The molecule has 8 heterocycles. The van der Waals surface area contributed by atoms with E-state index in [1.165, 1.54) is 6.07 Å². The Morgan fingerprint density at radius 2 is 1.48 bits per heavy atom. The van der Waals surface area contributed by atoms with E-state index in [4.69, 9.17) is 21.1 Å². The first-order valence-corrected chi connectivity index (χ1v) is 31.9. The van der Waals surface area contributed by atoms with Gasteiger partial charge in [0.05, 0.1) is 29.7 Å². The molecule has 0 bridgehead atoms. The van der Waals surface area contributed by atoms with Gasteiger partial charge in [0.1, 0.15) is 41.3 Å². The van der Waals surface area contributed by atoms with Crippen LogP contribution in [0.2, 0.25) is 5.02 Å². The van der Waals surface area contributed by atoms with Crippen LogP contribution in [0.4, 0.5) is 15.0 Å². The fraction of sp³-hybridized carbons (Fsp3) is 0.625. The molecule has 6 aliphatic heterocycles. The van der Waals surface area contributed by atoms with Gasteiger partial charge in [-0.15, -0.1) is 4.90 Å². The summed E-state index contributed by atoms with van der Waals surface area (Å²) in [5.41, 5.74) is 1.52. The van der Waals surface area contributed by atoms with Gasteiger partial charge in [0, 0.05) is 127 Å². The van der Waals surface area contributed by atoms with Gasteiger partial charge < -0.3 is 39.4 Å². The lowest BCUT2D eigenvalue weighted by Crippen LogP contribution is -2.74. The predicted molar refractivity (Wildman–Crippen MR) is 320 cm³/mol. The van der Waals surface area contributed by atoms with Crippen LogP contribution in [0, 0.1) is 17.7 Å². The minimum Gasteiger partial charge on any atom is -0.425 e. The second kappa shape index (κ2) is 25.2. The highest BCUT2D eigenvalue weighted by Crippen LogP contribution is 2.45.